The highest BCUT2D eigenvalue weighted by Gasteiger charge is 2.20. The Kier molecular flexibility index (Phi) is 5.12. The summed E-state index contributed by atoms with van der Waals surface area (Å²) in [6.45, 7) is 18.0. The molecule has 0 atom stereocenters. The van der Waals surface area contributed by atoms with Gasteiger partial charge in [-0.3, -0.25) is 0 Å². The van der Waals surface area contributed by atoms with E-state index in [1.807, 2.05) is 0 Å². The third-order valence-corrected chi connectivity index (χ3v) is 6.51. The van der Waals surface area contributed by atoms with Gasteiger partial charge in [-0.2, -0.15) is 0 Å². The Morgan fingerprint density at radius 3 is 1.52 bits per heavy atom. The summed E-state index contributed by atoms with van der Waals surface area (Å²) in [5.74, 6) is 0. The SMILES string of the molecule is C/C=C(\C)c1ccc(-n2c3ccc(C(C)(C)C)cc3c3cc(C(C)(C)C)ccc32)cc1. The maximum absolute atomic E-state index is 2.42. The molecule has 0 radical (unpaired) electrons. The smallest absolute Gasteiger partial charge is 0.0541 e. The first-order valence-corrected chi connectivity index (χ1v) is 11.3. The maximum Gasteiger partial charge on any atom is 0.0541 e. The first kappa shape index (κ1) is 21.4. The average Bonchev–Trinajstić information content (AvgIpc) is 3.05. The first-order chi connectivity index (χ1) is 14.5. The highest BCUT2D eigenvalue weighted by Crippen LogP contribution is 2.37. The van der Waals surface area contributed by atoms with Crippen LogP contribution in [-0.2, 0) is 10.8 Å². The molecule has 1 nitrogen and oxygen atoms in total. The minimum atomic E-state index is 0.121. The maximum atomic E-state index is 2.42. The number of aromatic nitrogens is 1. The van der Waals surface area contributed by atoms with Gasteiger partial charge in [-0.1, -0.05) is 71.9 Å². The summed E-state index contributed by atoms with van der Waals surface area (Å²) in [5, 5.41) is 2.67. The summed E-state index contributed by atoms with van der Waals surface area (Å²) in [7, 11) is 0. The van der Waals surface area contributed by atoms with Crippen molar-refractivity contribution >= 4 is 27.4 Å². The predicted octanol–water partition coefficient (Wildman–Crippen LogP) is 8.80. The lowest BCUT2D eigenvalue weighted by molar-refractivity contribution is 0.590. The summed E-state index contributed by atoms with van der Waals surface area (Å²) in [5.41, 5.74) is 9.31. The number of nitrogens with zero attached hydrogens (tertiary/aromatic N) is 1. The molecule has 0 saturated carbocycles. The lowest BCUT2D eigenvalue weighted by Crippen LogP contribution is -2.10. The fourth-order valence-corrected chi connectivity index (χ4v) is 4.27. The van der Waals surface area contributed by atoms with Crippen molar-refractivity contribution in [2.75, 3.05) is 0 Å². The molecule has 0 aliphatic heterocycles. The summed E-state index contributed by atoms with van der Waals surface area (Å²) in [6.07, 6.45) is 2.16. The molecule has 0 amide bonds. The molecular formula is C30H35N. The van der Waals surface area contributed by atoms with Gasteiger partial charge in [-0.15, -0.1) is 0 Å². The fraction of sp³-hybridized carbons (Fsp3) is 0.333. The van der Waals surface area contributed by atoms with Crippen molar-refractivity contribution in [2.45, 2.75) is 66.2 Å². The second-order valence-corrected chi connectivity index (χ2v) is 10.8. The molecule has 1 heteroatoms. The van der Waals surface area contributed by atoms with Crippen molar-refractivity contribution in [3.63, 3.8) is 0 Å². The van der Waals surface area contributed by atoms with Crippen molar-refractivity contribution in [3.05, 3.63) is 83.4 Å². The normalized spacial score (nSPS) is 13.4. The molecular weight excluding hydrogens is 374 g/mol. The molecule has 0 fully saturated rings. The summed E-state index contributed by atoms with van der Waals surface area (Å²) < 4.78 is 2.42. The van der Waals surface area contributed by atoms with Gasteiger partial charge in [-0.05, 0) is 83.3 Å². The predicted molar refractivity (Wildman–Crippen MR) is 138 cm³/mol. The molecule has 0 saturated heterocycles. The van der Waals surface area contributed by atoms with Gasteiger partial charge in [-0.25, -0.2) is 0 Å². The molecule has 3 aromatic carbocycles. The van der Waals surface area contributed by atoms with E-state index < -0.39 is 0 Å². The van der Waals surface area contributed by atoms with Crippen LogP contribution in [0.2, 0.25) is 0 Å². The van der Waals surface area contributed by atoms with E-state index in [2.05, 4.69) is 127 Å². The van der Waals surface area contributed by atoms with E-state index in [-0.39, 0.29) is 10.8 Å². The molecule has 1 aromatic heterocycles. The van der Waals surface area contributed by atoms with Crippen molar-refractivity contribution < 1.29 is 0 Å². The number of hydrogen-bond donors (Lipinski definition) is 0. The van der Waals surface area contributed by atoms with Gasteiger partial charge < -0.3 is 4.57 Å². The van der Waals surface area contributed by atoms with Crippen molar-refractivity contribution in [3.8, 4) is 5.69 Å². The zero-order chi connectivity index (χ0) is 22.6. The minimum absolute atomic E-state index is 0.121. The van der Waals surface area contributed by atoms with E-state index in [1.54, 1.807) is 0 Å². The number of rotatable bonds is 2. The second-order valence-electron chi connectivity index (χ2n) is 10.8. The summed E-state index contributed by atoms with van der Waals surface area (Å²) in [6, 6.07) is 23.0. The molecule has 1 heterocycles. The van der Waals surface area contributed by atoms with Gasteiger partial charge in [0.2, 0.25) is 0 Å². The third-order valence-electron chi connectivity index (χ3n) is 6.51. The van der Waals surface area contributed by atoms with E-state index in [0.717, 1.165) is 0 Å². The highest BCUT2D eigenvalue weighted by molar-refractivity contribution is 6.09. The molecule has 0 aliphatic rings. The molecule has 160 valence electrons. The van der Waals surface area contributed by atoms with Crippen LogP contribution in [0.5, 0.6) is 0 Å². The Balaban J connectivity index is 2.04. The number of fused-ring (bicyclic) bond motifs is 3. The average molecular weight is 410 g/mol. The molecule has 0 bridgehead atoms. The van der Waals surface area contributed by atoms with Crippen LogP contribution in [0, 0.1) is 0 Å². The Hall–Kier alpha value is -2.80. The standard InChI is InChI=1S/C30H35N/c1-9-20(2)21-10-14-24(15-11-21)31-27-16-12-22(29(3,4)5)18-25(27)26-19-23(30(6,7)8)13-17-28(26)31/h9-19H,1-8H3/b20-9+. The van der Waals surface area contributed by atoms with Gasteiger partial charge in [0, 0.05) is 16.5 Å². The third kappa shape index (κ3) is 3.83. The molecule has 4 rings (SSSR count). The molecule has 0 unspecified atom stereocenters. The Morgan fingerprint density at radius 1 is 0.677 bits per heavy atom. The number of benzene rings is 3. The van der Waals surface area contributed by atoms with Crippen LogP contribution < -0.4 is 0 Å². The van der Waals surface area contributed by atoms with Gasteiger partial charge in [0.15, 0.2) is 0 Å². The highest BCUT2D eigenvalue weighted by atomic mass is 15.0. The molecule has 0 spiro atoms. The van der Waals surface area contributed by atoms with Crippen LogP contribution in [-0.4, -0.2) is 4.57 Å². The van der Waals surface area contributed by atoms with Gasteiger partial charge in [0.25, 0.3) is 0 Å². The molecule has 31 heavy (non-hydrogen) atoms. The van der Waals surface area contributed by atoms with E-state index in [4.69, 9.17) is 0 Å². The van der Waals surface area contributed by atoms with Crippen LogP contribution in [0.4, 0.5) is 0 Å². The molecule has 4 aromatic rings. The summed E-state index contributed by atoms with van der Waals surface area (Å²) >= 11 is 0. The molecule has 0 N–H and O–H groups in total. The zero-order valence-electron chi connectivity index (χ0n) is 20.3. The van der Waals surface area contributed by atoms with E-state index in [9.17, 15) is 0 Å². The number of allylic oxidation sites excluding steroid dienone is 2. The van der Waals surface area contributed by atoms with Crippen LogP contribution in [0.3, 0.4) is 0 Å². The summed E-state index contributed by atoms with van der Waals surface area (Å²) in [4.78, 5) is 0. The first-order valence-electron chi connectivity index (χ1n) is 11.3. The fourth-order valence-electron chi connectivity index (χ4n) is 4.27. The Labute approximate surface area is 187 Å². The Morgan fingerprint density at radius 2 is 1.13 bits per heavy atom. The van der Waals surface area contributed by atoms with E-state index in [1.165, 1.54) is 49.8 Å². The lowest BCUT2D eigenvalue weighted by atomic mass is 9.85. The van der Waals surface area contributed by atoms with E-state index >= 15 is 0 Å². The quantitative estimate of drug-likeness (QED) is 0.312. The van der Waals surface area contributed by atoms with Crippen LogP contribution >= 0.6 is 0 Å². The van der Waals surface area contributed by atoms with Crippen LogP contribution in [0.15, 0.2) is 66.7 Å². The van der Waals surface area contributed by atoms with Crippen molar-refractivity contribution in [1.29, 1.82) is 0 Å². The van der Waals surface area contributed by atoms with Gasteiger partial charge in [0.05, 0.1) is 11.0 Å². The lowest BCUT2D eigenvalue weighted by Gasteiger charge is -2.19. The minimum Gasteiger partial charge on any atom is -0.309 e. The van der Waals surface area contributed by atoms with Gasteiger partial charge in [0.1, 0.15) is 0 Å². The number of hydrogen-bond acceptors (Lipinski definition) is 0. The monoisotopic (exact) mass is 409 g/mol. The van der Waals surface area contributed by atoms with Gasteiger partial charge >= 0.3 is 0 Å². The van der Waals surface area contributed by atoms with Crippen LogP contribution in [0.25, 0.3) is 33.1 Å². The second kappa shape index (κ2) is 7.41. The van der Waals surface area contributed by atoms with Crippen molar-refractivity contribution in [2.24, 2.45) is 0 Å². The topological polar surface area (TPSA) is 4.93 Å². The molecule has 0 aliphatic carbocycles. The van der Waals surface area contributed by atoms with E-state index in [0.29, 0.717) is 0 Å². The van der Waals surface area contributed by atoms with Crippen LogP contribution in [0.1, 0.15) is 72.1 Å². The van der Waals surface area contributed by atoms with Crippen molar-refractivity contribution in [1.82, 2.24) is 4.57 Å². The largest absolute Gasteiger partial charge is 0.309 e. The Bertz CT molecular complexity index is 1210. The zero-order valence-corrected chi connectivity index (χ0v) is 20.3.